The van der Waals surface area contributed by atoms with Gasteiger partial charge in [-0.1, -0.05) is 25.7 Å². The molecule has 0 unspecified atom stereocenters. The van der Waals surface area contributed by atoms with Gasteiger partial charge in [0.25, 0.3) is 0 Å². The second kappa shape index (κ2) is 6.22. The van der Waals surface area contributed by atoms with Crippen LogP contribution < -0.4 is 5.32 Å². The quantitative estimate of drug-likeness (QED) is 0.674. The molecule has 0 aromatic rings. The van der Waals surface area contributed by atoms with Gasteiger partial charge in [-0.15, -0.1) is 0 Å². The lowest BCUT2D eigenvalue weighted by atomic mass is 10.0. The van der Waals surface area contributed by atoms with E-state index in [0.29, 0.717) is 6.54 Å². The van der Waals surface area contributed by atoms with E-state index in [9.17, 15) is 9.59 Å². The number of carboxylic acid groups (broad SMARTS) is 1. The highest BCUT2D eigenvalue weighted by atomic mass is 16.4. The highest BCUT2D eigenvalue weighted by Gasteiger charge is 2.14. The summed E-state index contributed by atoms with van der Waals surface area (Å²) < 4.78 is 0. The second-order valence-corrected chi connectivity index (χ2v) is 3.90. The number of nitrogens with one attached hydrogen (secondary N) is 1. The van der Waals surface area contributed by atoms with Gasteiger partial charge in [0.15, 0.2) is 0 Å². The van der Waals surface area contributed by atoms with Gasteiger partial charge >= 0.3 is 5.97 Å². The van der Waals surface area contributed by atoms with Crippen molar-refractivity contribution in [2.75, 3.05) is 6.54 Å². The maximum absolute atomic E-state index is 11.1. The third-order valence-electron chi connectivity index (χ3n) is 2.70. The molecule has 1 rings (SSSR count). The molecule has 0 radical (unpaired) electrons. The molecule has 1 aliphatic rings. The van der Waals surface area contributed by atoms with Crippen molar-refractivity contribution in [1.29, 1.82) is 0 Å². The minimum absolute atomic E-state index is 0.324. The molecule has 1 amide bonds. The lowest BCUT2D eigenvalue weighted by Gasteiger charge is -2.08. The lowest BCUT2D eigenvalue weighted by molar-refractivity contribution is -0.131. The minimum Gasteiger partial charge on any atom is -0.478 e. The SMILES string of the molecule is O=C(O)/C=C/C(=O)NCCC1CCCC1. The van der Waals surface area contributed by atoms with E-state index < -0.39 is 5.97 Å². The van der Waals surface area contributed by atoms with Crippen LogP contribution in [0.3, 0.4) is 0 Å². The van der Waals surface area contributed by atoms with Gasteiger partial charge in [0.2, 0.25) is 5.91 Å². The summed E-state index contributed by atoms with van der Waals surface area (Å²) in [6, 6.07) is 0. The molecule has 1 aliphatic carbocycles. The third kappa shape index (κ3) is 5.20. The Morgan fingerprint density at radius 3 is 2.53 bits per heavy atom. The van der Waals surface area contributed by atoms with Gasteiger partial charge < -0.3 is 10.4 Å². The molecule has 0 saturated heterocycles. The van der Waals surface area contributed by atoms with Crippen LogP contribution in [-0.2, 0) is 9.59 Å². The molecule has 1 saturated carbocycles. The number of carbonyl (C=O) groups is 2. The standard InChI is InChI=1S/C11H17NO3/c13-10(5-6-11(14)15)12-8-7-9-3-1-2-4-9/h5-6,9H,1-4,7-8H2,(H,12,13)(H,14,15)/b6-5+. The van der Waals surface area contributed by atoms with E-state index in [0.717, 1.165) is 24.5 Å². The van der Waals surface area contributed by atoms with Gasteiger partial charge in [0, 0.05) is 18.7 Å². The van der Waals surface area contributed by atoms with E-state index in [2.05, 4.69) is 5.32 Å². The topological polar surface area (TPSA) is 66.4 Å². The average Bonchev–Trinajstić information content (AvgIpc) is 2.67. The van der Waals surface area contributed by atoms with Crippen LogP contribution in [0.25, 0.3) is 0 Å². The summed E-state index contributed by atoms with van der Waals surface area (Å²) in [4.78, 5) is 21.2. The van der Waals surface area contributed by atoms with E-state index in [4.69, 9.17) is 5.11 Å². The van der Waals surface area contributed by atoms with Gasteiger partial charge in [-0.2, -0.15) is 0 Å². The molecule has 4 nitrogen and oxygen atoms in total. The molecule has 0 bridgehead atoms. The first-order chi connectivity index (χ1) is 7.18. The summed E-state index contributed by atoms with van der Waals surface area (Å²) in [7, 11) is 0. The maximum Gasteiger partial charge on any atom is 0.328 e. The molecule has 1 fully saturated rings. The zero-order chi connectivity index (χ0) is 11.1. The summed E-state index contributed by atoms with van der Waals surface area (Å²) >= 11 is 0. The Morgan fingerprint density at radius 2 is 1.93 bits per heavy atom. The zero-order valence-electron chi connectivity index (χ0n) is 8.74. The third-order valence-corrected chi connectivity index (χ3v) is 2.70. The molecule has 0 aliphatic heterocycles. The highest BCUT2D eigenvalue weighted by molar-refractivity contribution is 5.93. The molecular formula is C11H17NO3. The molecule has 4 heteroatoms. The second-order valence-electron chi connectivity index (χ2n) is 3.90. The van der Waals surface area contributed by atoms with Crippen LogP contribution in [0.4, 0.5) is 0 Å². The molecule has 84 valence electrons. The van der Waals surface area contributed by atoms with E-state index >= 15 is 0 Å². The van der Waals surface area contributed by atoms with Crippen molar-refractivity contribution < 1.29 is 14.7 Å². The molecule has 0 aromatic carbocycles. The zero-order valence-corrected chi connectivity index (χ0v) is 8.74. The van der Waals surface area contributed by atoms with Crippen LogP contribution in [0.1, 0.15) is 32.1 Å². The highest BCUT2D eigenvalue weighted by Crippen LogP contribution is 2.26. The van der Waals surface area contributed by atoms with Crippen LogP contribution >= 0.6 is 0 Å². The number of carboxylic acids is 1. The van der Waals surface area contributed by atoms with Gasteiger partial charge in [0.1, 0.15) is 0 Å². The Morgan fingerprint density at radius 1 is 1.27 bits per heavy atom. The molecule has 0 heterocycles. The van der Waals surface area contributed by atoms with E-state index in [1.54, 1.807) is 0 Å². The summed E-state index contributed by atoms with van der Waals surface area (Å²) in [5.74, 6) is -0.676. The molecular weight excluding hydrogens is 194 g/mol. The van der Waals surface area contributed by atoms with Gasteiger partial charge in [-0.05, 0) is 12.3 Å². The molecule has 2 N–H and O–H groups in total. The Kier molecular flexibility index (Phi) is 4.87. The smallest absolute Gasteiger partial charge is 0.328 e. The summed E-state index contributed by atoms with van der Waals surface area (Å²) in [6.07, 6.45) is 8.05. The van der Waals surface area contributed by atoms with Crippen molar-refractivity contribution in [1.82, 2.24) is 5.32 Å². The summed E-state index contributed by atoms with van der Waals surface area (Å²) in [6.45, 7) is 0.646. The molecule has 15 heavy (non-hydrogen) atoms. The largest absolute Gasteiger partial charge is 0.478 e. The van der Waals surface area contributed by atoms with Crippen molar-refractivity contribution in [2.45, 2.75) is 32.1 Å². The Hall–Kier alpha value is -1.32. The van der Waals surface area contributed by atoms with Crippen molar-refractivity contribution >= 4 is 11.9 Å². The maximum atomic E-state index is 11.1. The van der Waals surface area contributed by atoms with Gasteiger partial charge in [0.05, 0.1) is 0 Å². The molecule has 0 aromatic heterocycles. The monoisotopic (exact) mass is 211 g/mol. The van der Waals surface area contributed by atoms with Gasteiger partial charge in [-0.25, -0.2) is 4.79 Å². The fourth-order valence-electron chi connectivity index (χ4n) is 1.90. The number of amides is 1. The van der Waals surface area contributed by atoms with E-state index in [1.807, 2.05) is 0 Å². The summed E-state index contributed by atoms with van der Waals surface area (Å²) in [5, 5.41) is 11.0. The number of rotatable bonds is 5. The Balaban J connectivity index is 2.08. The van der Waals surface area contributed by atoms with Crippen LogP contribution in [0.2, 0.25) is 0 Å². The number of hydrogen-bond donors (Lipinski definition) is 2. The minimum atomic E-state index is -1.10. The molecule has 0 spiro atoms. The average molecular weight is 211 g/mol. The molecule has 0 atom stereocenters. The van der Waals surface area contributed by atoms with Crippen LogP contribution in [-0.4, -0.2) is 23.5 Å². The van der Waals surface area contributed by atoms with Crippen molar-refractivity contribution in [3.05, 3.63) is 12.2 Å². The first kappa shape index (κ1) is 11.8. The number of carbonyl (C=O) groups excluding carboxylic acids is 1. The van der Waals surface area contributed by atoms with E-state index in [1.165, 1.54) is 25.7 Å². The number of hydrogen-bond acceptors (Lipinski definition) is 2. The van der Waals surface area contributed by atoms with Crippen LogP contribution in [0.5, 0.6) is 0 Å². The Labute approximate surface area is 89.4 Å². The number of aliphatic carboxylic acids is 1. The van der Waals surface area contributed by atoms with Crippen molar-refractivity contribution in [2.24, 2.45) is 5.92 Å². The van der Waals surface area contributed by atoms with Crippen molar-refractivity contribution in [3.63, 3.8) is 0 Å². The predicted octanol–water partition coefficient (Wildman–Crippen LogP) is 1.32. The Bertz CT molecular complexity index is 255. The van der Waals surface area contributed by atoms with Crippen LogP contribution in [0.15, 0.2) is 12.2 Å². The fraction of sp³-hybridized carbons (Fsp3) is 0.636. The predicted molar refractivity (Wildman–Crippen MR) is 56.4 cm³/mol. The van der Waals surface area contributed by atoms with Gasteiger partial charge in [-0.3, -0.25) is 4.79 Å². The fourth-order valence-corrected chi connectivity index (χ4v) is 1.90. The van der Waals surface area contributed by atoms with Crippen molar-refractivity contribution in [3.8, 4) is 0 Å². The van der Waals surface area contributed by atoms with E-state index in [-0.39, 0.29) is 5.91 Å². The van der Waals surface area contributed by atoms with Crippen LogP contribution in [0, 0.1) is 5.92 Å². The normalized spacial score (nSPS) is 17.1. The first-order valence-electron chi connectivity index (χ1n) is 5.37. The first-order valence-corrected chi connectivity index (χ1v) is 5.37. The lowest BCUT2D eigenvalue weighted by Crippen LogP contribution is -2.23. The summed E-state index contributed by atoms with van der Waals surface area (Å²) in [5.41, 5.74) is 0.